The van der Waals surface area contributed by atoms with Gasteiger partial charge in [0.15, 0.2) is 0 Å². The van der Waals surface area contributed by atoms with Crippen LogP contribution in [0.25, 0.3) is 0 Å². The first kappa shape index (κ1) is 11.7. The molecule has 0 saturated heterocycles. The molecule has 0 spiro atoms. The van der Waals surface area contributed by atoms with Crippen molar-refractivity contribution in [2.24, 2.45) is 11.7 Å². The predicted molar refractivity (Wildman–Crippen MR) is 69.3 cm³/mol. The molecule has 0 radical (unpaired) electrons. The van der Waals surface area contributed by atoms with Gasteiger partial charge in [-0.05, 0) is 42.7 Å². The monoisotopic (exact) mass is 217 g/mol. The standard InChI is InChI=1S/C15H23N/c1-3-12-5-7-14(8-6-12)15(16)10-9-13(4-2)11-15/h5-8,13H,3-4,9-11,16H2,1-2H3. The maximum Gasteiger partial charge on any atom is 0.0412 e. The average molecular weight is 217 g/mol. The SMILES string of the molecule is CCc1ccc(C2(N)CCC(CC)C2)cc1. The van der Waals surface area contributed by atoms with Crippen molar-refractivity contribution in [2.75, 3.05) is 0 Å². The zero-order valence-electron chi connectivity index (χ0n) is 10.5. The Balaban J connectivity index is 2.17. The fourth-order valence-corrected chi connectivity index (χ4v) is 2.86. The van der Waals surface area contributed by atoms with Crippen LogP contribution in [0.5, 0.6) is 0 Å². The smallest absolute Gasteiger partial charge is 0.0412 e. The number of rotatable bonds is 3. The van der Waals surface area contributed by atoms with Crippen LogP contribution in [-0.2, 0) is 12.0 Å². The molecule has 1 aliphatic rings. The highest BCUT2D eigenvalue weighted by Gasteiger charge is 2.36. The molecule has 16 heavy (non-hydrogen) atoms. The summed E-state index contributed by atoms with van der Waals surface area (Å²) in [7, 11) is 0. The first-order valence-corrected chi connectivity index (χ1v) is 6.56. The second-order valence-electron chi connectivity index (χ2n) is 5.22. The molecule has 1 saturated carbocycles. The molecule has 1 aromatic rings. The molecule has 2 atom stereocenters. The van der Waals surface area contributed by atoms with E-state index in [0.717, 1.165) is 25.2 Å². The lowest BCUT2D eigenvalue weighted by Gasteiger charge is -2.25. The normalized spacial score (nSPS) is 29.6. The number of aryl methyl sites for hydroxylation is 1. The molecule has 0 aliphatic heterocycles. The highest BCUT2D eigenvalue weighted by atomic mass is 14.8. The fraction of sp³-hybridized carbons (Fsp3) is 0.600. The van der Waals surface area contributed by atoms with E-state index >= 15 is 0 Å². The summed E-state index contributed by atoms with van der Waals surface area (Å²) in [6.45, 7) is 4.46. The van der Waals surface area contributed by atoms with Gasteiger partial charge < -0.3 is 5.73 Å². The molecule has 0 bridgehead atoms. The van der Waals surface area contributed by atoms with Crippen molar-refractivity contribution in [3.05, 3.63) is 35.4 Å². The van der Waals surface area contributed by atoms with Crippen molar-refractivity contribution < 1.29 is 0 Å². The molecule has 2 rings (SSSR count). The molecule has 1 fully saturated rings. The van der Waals surface area contributed by atoms with E-state index in [1.165, 1.54) is 24.0 Å². The van der Waals surface area contributed by atoms with Gasteiger partial charge in [0.2, 0.25) is 0 Å². The van der Waals surface area contributed by atoms with Crippen LogP contribution in [0.2, 0.25) is 0 Å². The minimum atomic E-state index is -0.0487. The maximum absolute atomic E-state index is 6.54. The minimum absolute atomic E-state index is 0.0487. The largest absolute Gasteiger partial charge is 0.321 e. The van der Waals surface area contributed by atoms with E-state index in [-0.39, 0.29) is 5.54 Å². The van der Waals surface area contributed by atoms with E-state index in [1.54, 1.807) is 0 Å². The van der Waals surface area contributed by atoms with Crippen molar-refractivity contribution in [1.82, 2.24) is 0 Å². The van der Waals surface area contributed by atoms with Gasteiger partial charge in [-0.25, -0.2) is 0 Å². The molecule has 2 N–H and O–H groups in total. The van der Waals surface area contributed by atoms with E-state index in [4.69, 9.17) is 5.73 Å². The van der Waals surface area contributed by atoms with Gasteiger partial charge in [-0.3, -0.25) is 0 Å². The molecule has 1 aromatic carbocycles. The zero-order valence-corrected chi connectivity index (χ0v) is 10.5. The molecular weight excluding hydrogens is 194 g/mol. The van der Waals surface area contributed by atoms with Gasteiger partial charge in [0, 0.05) is 5.54 Å². The maximum atomic E-state index is 6.54. The van der Waals surface area contributed by atoms with Gasteiger partial charge in [0.25, 0.3) is 0 Å². The summed E-state index contributed by atoms with van der Waals surface area (Å²) in [5.74, 6) is 0.829. The summed E-state index contributed by atoms with van der Waals surface area (Å²) in [5, 5.41) is 0. The van der Waals surface area contributed by atoms with E-state index < -0.39 is 0 Å². The average Bonchev–Trinajstić information content (AvgIpc) is 2.73. The van der Waals surface area contributed by atoms with Gasteiger partial charge in [-0.2, -0.15) is 0 Å². The molecule has 2 unspecified atom stereocenters. The molecule has 88 valence electrons. The first-order chi connectivity index (χ1) is 7.68. The van der Waals surface area contributed by atoms with Gasteiger partial charge in [-0.15, -0.1) is 0 Å². The van der Waals surface area contributed by atoms with Gasteiger partial charge in [-0.1, -0.05) is 44.5 Å². The van der Waals surface area contributed by atoms with Crippen molar-refractivity contribution in [2.45, 2.75) is 51.5 Å². The van der Waals surface area contributed by atoms with E-state index in [0.29, 0.717) is 0 Å². The second-order valence-corrected chi connectivity index (χ2v) is 5.22. The molecule has 1 nitrogen and oxygen atoms in total. The highest BCUT2D eigenvalue weighted by Crippen LogP contribution is 2.41. The van der Waals surface area contributed by atoms with Crippen LogP contribution in [-0.4, -0.2) is 0 Å². The van der Waals surface area contributed by atoms with Crippen LogP contribution in [0, 0.1) is 5.92 Å². The van der Waals surface area contributed by atoms with E-state index in [1.807, 2.05) is 0 Å². The van der Waals surface area contributed by atoms with Crippen molar-refractivity contribution >= 4 is 0 Å². The quantitative estimate of drug-likeness (QED) is 0.822. The van der Waals surface area contributed by atoms with Crippen LogP contribution >= 0.6 is 0 Å². The fourth-order valence-electron chi connectivity index (χ4n) is 2.86. The van der Waals surface area contributed by atoms with Gasteiger partial charge in [0.1, 0.15) is 0 Å². The number of benzene rings is 1. The first-order valence-electron chi connectivity index (χ1n) is 6.56. The summed E-state index contributed by atoms with van der Waals surface area (Å²) in [6, 6.07) is 8.92. The molecule has 0 amide bonds. The third-order valence-corrected chi connectivity index (χ3v) is 4.17. The van der Waals surface area contributed by atoms with Crippen LogP contribution in [0.3, 0.4) is 0 Å². The Morgan fingerprint density at radius 2 is 1.94 bits per heavy atom. The number of hydrogen-bond donors (Lipinski definition) is 1. The van der Waals surface area contributed by atoms with Crippen molar-refractivity contribution in [3.63, 3.8) is 0 Å². The predicted octanol–water partition coefficient (Wildman–Crippen LogP) is 3.61. The minimum Gasteiger partial charge on any atom is -0.321 e. The molecular formula is C15H23N. The van der Waals surface area contributed by atoms with Crippen molar-refractivity contribution in [1.29, 1.82) is 0 Å². The Kier molecular flexibility index (Phi) is 3.34. The topological polar surface area (TPSA) is 26.0 Å². The summed E-state index contributed by atoms with van der Waals surface area (Å²) in [4.78, 5) is 0. The third kappa shape index (κ3) is 2.15. The van der Waals surface area contributed by atoms with Gasteiger partial charge >= 0.3 is 0 Å². The molecule has 1 heteroatoms. The lowest BCUT2D eigenvalue weighted by atomic mass is 9.87. The molecule has 0 aromatic heterocycles. The van der Waals surface area contributed by atoms with Crippen LogP contribution in [0.15, 0.2) is 24.3 Å². The van der Waals surface area contributed by atoms with Crippen molar-refractivity contribution in [3.8, 4) is 0 Å². The highest BCUT2D eigenvalue weighted by molar-refractivity contribution is 5.29. The third-order valence-electron chi connectivity index (χ3n) is 4.17. The summed E-state index contributed by atoms with van der Waals surface area (Å²) >= 11 is 0. The Morgan fingerprint density at radius 3 is 2.44 bits per heavy atom. The summed E-state index contributed by atoms with van der Waals surface area (Å²) < 4.78 is 0. The summed E-state index contributed by atoms with van der Waals surface area (Å²) in [5.41, 5.74) is 9.22. The van der Waals surface area contributed by atoms with Gasteiger partial charge in [0.05, 0.1) is 0 Å². The number of nitrogens with two attached hydrogens (primary N) is 1. The van der Waals surface area contributed by atoms with E-state index in [9.17, 15) is 0 Å². The van der Waals surface area contributed by atoms with Crippen LogP contribution < -0.4 is 5.73 Å². The Hall–Kier alpha value is -0.820. The van der Waals surface area contributed by atoms with E-state index in [2.05, 4.69) is 38.1 Å². The second kappa shape index (κ2) is 4.58. The molecule has 1 aliphatic carbocycles. The van der Waals surface area contributed by atoms with Crippen LogP contribution in [0.1, 0.15) is 50.7 Å². The lowest BCUT2D eigenvalue weighted by molar-refractivity contribution is 0.424. The zero-order chi connectivity index (χ0) is 11.6. The Morgan fingerprint density at radius 1 is 1.25 bits per heavy atom. The Labute approximate surface area is 99.0 Å². The number of hydrogen-bond acceptors (Lipinski definition) is 1. The summed E-state index contributed by atoms with van der Waals surface area (Å²) in [6.07, 6.45) is 5.98. The lowest BCUT2D eigenvalue weighted by Crippen LogP contribution is -2.33. The molecule has 0 heterocycles. The van der Waals surface area contributed by atoms with Crippen LogP contribution in [0.4, 0.5) is 0 Å². The Bertz CT molecular complexity index is 341.